The van der Waals surface area contributed by atoms with Crippen LogP contribution in [0.5, 0.6) is 5.75 Å². The van der Waals surface area contributed by atoms with Crippen molar-refractivity contribution in [3.63, 3.8) is 0 Å². The number of aromatic hydroxyl groups is 1. The van der Waals surface area contributed by atoms with Crippen LogP contribution in [0.25, 0.3) is 0 Å². The number of halogens is 1. The fourth-order valence-electron chi connectivity index (χ4n) is 0.596. The Balaban J connectivity index is 0.000000461. The highest BCUT2D eigenvalue weighted by Gasteiger charge is 1.98. The minimum atomic E-state index is -0.366. The summed E-state index contributed by atoms with van der Waals surface area (Å²) in [7, 11) is 0. The lowest BCUT2D eigenvalue weighted by atomic mass is 10.2. The molecule has 0 aliphatic rings. The molecule has 0 saturated heterocycles. The van der Waals surface area contributed by atoms with Crippen LogP contribution in [0.4, 0.5) is 4.39 Å². The fourth-order valence-corrected chi connectivity index (χ4v) is 0.596. The summed E-state index contributed by atoms with van der Waals surface area (Å²) in [6.45, 7) is 5.53. The van der Waals surface area contributed by atoms with Gasteiger partial charge in [0.15, 0.2) is 0 Å². The van der Waals surface area contributed by atoms with E-state index in [2.05, 4.69) is 0 Å². The van der Waals surface area contributed by atoms with Crippen molar-refractivity contribution in [2.75, 3.05) is 0 Å². The standard InChI is InChI=1S/C7H7FO.C2H6/c1-5-6(8)3-2-4-7(5)9;1-2/h2-4,9H,1H3;1-2H3. The first-order valence-corrected chi connectivity index (χ1v) is 3.66. The van der Waals surface area contributed by atoms with Gasteiger partial charge in [0, 0.05) is 5.56 Å². The van der Waals surface area contributed by atoms with E-state index in [1.54, 1.807) is 0 Å². The van der Waals surface area contributed by atoms with E-state index in [1.807, 2.05) is 13.8 Å². The molecule has 0 amide bonds. The lowest BCUT2D eigenvalue weighted by Crippen LogP contribution is -1.79. The highest BCUT2D eigenvalue weighted by atomic mass is 19.1. The maximum atomic E-state index is 12.4. The van der Waals surface area contributed by atoms with Gasteiger partial charge < -0.3 is 5.11 Å². The molecule has 2 heteroatoms. The SMILES string of the molecule is CC.Cc1c(O)cccc1F. The summed E-state index contributed by atoms with van der Waals surface area (Å²) >= 11 is 0. The maximum absolute atomic E-state index is 12.4. The molecule has 1 nitrogen and oxygen atoms in total. The van der Waals surface area contributed by atoms with Gasteiger partial charge in [-0.05, 0) is 19.1 Å². The molecule has 0 bridgehead atoms. The molecule has 62 valence electrons. The van der Waals surface area contributed by atoms with E-state index in [9.17, 15) is 4.39 Å². The molecule has 0 aromatic heterocycles. The van der Waals surface area contributed by atoms with E-state index in [-0.39, 0.29) is 11.6 Å². The zero-order valence-corrected chi connectivity index (χ0v) is 7.06. The van der Waals surface area contributed by atoms with E-state index in [4.69, 9.17) is 5.11 Å². The fraction of sp³-hybridized carbons (Fsp3) is 0.333. The smallest absolute Gasteiger partial charge is 0.129 e. The van der Waals surface area contributed by atoms with Gasteiger partial charge in [-0.15, -0.1) is 0 Å². The van der Waals surface area contributed by atoms with Crippen molar-refractivity contribution >= 4 is 0 Å². The van der Waals surface area contributed by atoms with Crippen molar-refractivity contribution in [3.8, 4) is 5.75 Å². The largest absolute Gasteiger partial charge is 0.508 e. The van der Waals surface area contributed by atoms with Gasteiger partial charge in [0.1, 0.15) is 11.6 Å². The van der Waals surface area contributed by atoms with Gasteiger partial charge in [-0.2, -0.15) is 0 Å². The molecule has 11 heavy (non-hydrogen) atoms. The first-order chi connectivity index (χ1) is 5.22. The number of benzene rings is 1. The molecule has 0 fully saturated rings. The van der Waals surface area contributed by atoms with Crippen LogP contribution in [0.2, 0.25) is 0 Å². The van der Waals surface area contributed by atoms with Crippen LogP contribution < -0.4 is 0 Å². The zero-order chi connectivity index (χ0) is 8.85. The summed E-state index contributed by atoms with van der Waals surface area (Å²) in [5.74, 6) is -0.356. The average Bonchev–Trinajstić information content (AvgIpc) is 2.04. The van der Waals surface area contributed by atoms with Gasteiger partial charge >= 0.3 is 0 Å². The zero-order valence-electron chi connectivity index (χ0n) is 7.06. The Morgan fingerprint density at radius 1 is 1.27 bits per heavy atom. The van der Waals surface area contributed by atoms with Crippen molar-refractivity contribution in [2.45, 2.75) is 20.8 Å². The Labute approximate surface area is 66.5 Å². The summed E-state index contributed by atoms with van der Waals surface area (Å²) in [5, 5.41) is 8.86. The van der Waals surface area contributed by atoms with E-state index >= 15 is 0 Å². The molecule has 0 unspecified atom stereocenters. The van der Waals surface area contributed by atoms with Crippen molar-refractivity contribution in [3.05, 3.63) is 29.6 Å². The highest BCUT2D eigenvalue weighted by molar-refractivity contribution is 5.31. The molecular formula is C9H13FO. The quantitative estimate of drug-likeness (QED) is 0.612. The Morgan fingerprint density at radius 2 is 1.82 bits per heavy atom. The molecule has 0 aliphatic heterocycles. The van der Waals surface area contributed by atoms with E-state index in [0.29, 0.717) is 5.56 Å². The molecule has 0 saturated carbocycles. The lowest BCUT2D eigenvalue weighted by molar-refractivity contribution is 0.463. The first kappa shape index (κ1) is 9.95. The van der Waals surface area contributed by atoms with E-state index < -0.39 is 0 Å². The molecule has 1 N–H and O–H groups in total. The average molecular weight is 156 g/mol. The van der Waals surface area contributed by atoms with Crippen LogP contribution in [0.15, 0.2) is 18.2 Å². The predicted molar refractivity (Wildman–Crippen MR) is 44.1 cm³/mol. The van der Waals surface area contributed by atoms with Crippen LogP contribution in [0.1, 0.15) is 19.4 Å². The third-order valence-electron chi connectivity index (χ3n) is 1.24. The number of hydrogen-bond donors (Lipinski definition) is 1. The summed E-state index contributed by atoms with van der Waals surface area (Å²) in [5.41, 5.74) is 0.303. The molecular weight excluding hydrogens is 143 g/mol. The predicted octanol–water partition coefficient (Wildman–Crippen LogP) is 2.87. The number of hydrogen-bond acceptors (Lipinski definition) is 1. The molecule has 1 rings (SSSR count). The minimum absolute atomic E-state index is 0.00926. The number of phenolic OH excluding ortho intramolecular Hbond substituents is 1. The highest BCUT2D eigenvalue weighted by Crippen LogP contribution is 2.16. The van der Waals surface area contributed by atoms with Crippen molar-refractivity contribution in [1.82, 2.24) is 0 Å². The topological polar surface area (TPSA) is 20.2 Å². The Hall–Kier alpha value is -1.05. The van der Waals surface area contributed by atoms with Crippen molar-refractivity contribution < 1.29 is 9.50 Å². The Kier molecular flexibility index (Phi) is 4.27. The number of phenols is 1. The van der Waals surface area contributed by atoms with Gasteiger partial charge in [0.05, 0.1) is 0 Å². The van der Waals surface area contributed by atoms with Crippen LogP contribution >= 0.6 is 0 Å². The molecule has 0 heterocycles. The summed E-state index contributed by atoms with van der Waals surface area (Å²) in [6, 6.07) is 4.24. The molecule has 1 aromatic rings. The molecule has 1 aromatic carbocycles. The Bertz CT molecular complexity index is 201. The minimum Gasteiger partial charge on any atom is -0.508 e. The molecule has 0 atom stereocenters. The second kappa shape index (κ2) is 4.72. The van der Waals surface area contributed by atoms with E-state index in [1.165, 1.54) is 25.1 Å². The van der Waals surface area contributed by atoms with Gasteiger partial charge in [-0.25, -0.2) is 4.39 Å². The third kappa shape index (κ3) is 2.58. The van der Waals surface area contributed by atoms with Gasteiger partial charge in [-0.3, -0.25) is 0 Å². The Morgan fingerprint density at radius 3 is 2.18 bits per heavy atom. The van der Waals surface area contributed by atoms with Crippen molar-refractivity contribution in [1.29, 1.82) is 0 Å². The lowest BCUT2D eigenvalue weighted by Gasteiger charge is -1.96. The van der Waals surface area contributed by atoms with Gasteiger partial charge in [0.2, 0.25) is 0 Å². The number of rotatable bonds is 0. The molecule has 0 spiro atoms. The summed E-state index contributed by atoms with van der Waals surface area (Å²) < 4.78 is 12.4. The first-order valence-electron chi connectivity index (χ1n) is 3.66. The second-order valence-corrected chi connectivity index (χ2v) is 1.88. The monoisotopic (exact) mass is 156 g/mol. The van der Waals surface area contributed by atoms with Crippen LogP contribution in [-0.2, 0) is 0 Å². The third-order valence-corrected chi connectivity index (χ3v) is 1.24. The van der Waals surface area contributed by atoms with Crippen LogP contribution in [0, 0.1) is 12.7 Å². The van der Waals surface area contributed by atoms with Crippen LogP contribution in [0.3, 0.4) is 0 Å². The molecule has 0 radical (unpaired) electrons. The van der Waals surface area contributed by atoms with E-state index in [0.717, 1.165) is 0 Å². The summed E-state index contributed by atoms with van der Waals surface area (Å²) in [4.78, 5) is 0. The second-order valence-electron chi connectivity index (χ2n) is 1.88. The maximum Gasteiger partial charge on any atom is 0.129 e. The van der Waals surface area contributed by atoms with Crippen LogP contribution in [-0.4, -0.2) is 5.11 Å². The normalized spacial score (nSPS) is 8.36. The van der Waals surface area contributed by atoms with Crippen molar-refractivity contribution in [2.24, 2.45) is 0 Å². The molecule has 0 aliphatic carbocycles. The van der Waals surface area contributed by atoms with Gasteiger partial charge in [0.25, 0.3) is 0 Å². The van der Waals surface area contributed by atoms with Gasteiger partial charge in [-0.1, -0.05) is 19.9 Å². The summed E-state index contributed by atoms with van der Waals surface area (Å²) in [6.07, 6.45) is 0.